The number of hydrogen-bond donors (Lipinski definition) is 1. The molecule has 0 atom stereocenters. The number of rotatable bonds is 4. The number of aromatic nitrogens is 1. The van der Waals surface area contributed by atoms with E-state index in [9.17, 15) is 9.59 Å². The van der Waals surface area contributed by atoms with Crippen LogP contribution in [0.25, 0.3) is 0 Å². The molecule has 1 aliphatic carbocycles. The van der Waals surface area contributed by atoms with Gasteiger partial charge in [0, 0.05) is 30.8 Å². The summed E-state index contributed by atoms with van der Waals surface area (Å²) < 4.78 is 1.66. The van der Waals surface area contributed by atoms with Crippen molar-refractivity contribution in [3.05, 3.63) is 58.0 Å². The molecule has 1 aromatic heterocycles. The van der Waals surface area contributed by atoms with Gasteiger partial charge < -0.3 is 9.67 Å². The van der Waals surface area contributed by atoms with Gasteiger partial charge in [0.05, 0.1) is 5.57 Å². The molecule has 0 bridgehead atoms. The Kier molecular flexibility index (Phi) is 5.16. The number of hydrogen-bond acceptors (Lipinski definition) is 2. The molecule has 0 saturated heterocycles. The highest BCUT2D eigenvalue weighted by Gasteiger charge is 2.09. The van der Waals surface area contributed by atoms with E-state index in [1.807, 2.05) is 6.07 Å². The van der Waals surface area contributed by atoms with Crippen molar-refractivity contribution in [3.8, 4) is 11.8 Å². The summed E-state index contributed by atoms with van der Waals surface area (Å²) in [5.41, 5.74) is 1.19. The van der Waals surface area contributed by atoms with Crippen LogP contribution in [-0.4, -0.2) is 15.6 Å². The number of carbonyl (C=O) groups is 1. The van der Waals surface area contributed by atoms with E-state index in [4.69, 9.17) is 5.11 Å². The Balaban J connectivity index is 1.85. The Hall–Kier alpha value is -2.54. The van der Waals surface area contributed by atoms with Crippen molar-refractivity contribution in [1.82, 2.24) is 4.57 Å². The predicted octanol–water partition coefficient (Wildman–Crippen LogP) is 2.36. The topological polar surface area (TPSA) is 59.3 Å². The lowest BCUT2D eigenvalue weighted by molar-refractivity contribution is -0.132. The first-order valence-corrected chi connectivity index (χ1v) is 6.95. The number of unbranched alkanes of at least 4 members (excludes halogenated alkanes) is 1. The monoisotopic (exact) mass is 283 g/mol. The lowest BCUT2D eigenvalue weighted by Crippen LogP contribution is -2.17. The van der Waals surface area contributed by atoms with Gasteiger partial charge in [-0.3, -0.25) is 4.79 Å². The molecule has 4 heteroatoms. The van der Waals surface area contributed by atoms with Gasteiger partial charge in [0.15, 0.2) is 0 Å². The second kappa shape index (κ2) is 7.30. The molecule has 108 valence electrons. The minimum Gasteiger partial charge on any atom is -0.478 e. The maximum Gasteiger partial charge on any atom is 0.335 e. The van der Waals surface area contributed by atoms with Gasteiger partial charge in [-0.1, -0.05) is 24.0 Å². The van der Waals surface area contributed by atoms with E-state index >= 15 is 0 Å². The van der Waals surface area contributed by atoms with E-state index in [2.05, 4.69) is 11.8 Å². The van der Waals surface area contributed by atoms with Crippen molar-refractivity contribution in [2.75, 3.05) is 0 Å². The highest BCUT2D eigenvalue weighted by Crippen LogP contribution is 2.16. The Bertz CT molecular complexity index is 698. The molecule has 1 N–H and O–H groups in total. The van der Waals surface area contributed by atoms with Gasteiger partial charge in [0.2, 0.25) is 5.56 Å². The minimum atomic E-state index is -0.905. The van der Waals surface area contributed by atoms with Crippen molar-refractivity contribution < 1.29 is 9.90 Å². The summed E-state index contributed by atoms with van der Waals surface area (Å²) in [4.78, 5) is 22.4. The lowest BCUT2D eigenvalue weighted by Gasteiger charge is -2.05. The van der Waals surface area contributed by atoms with Crippen LogP contribution in [-0.2, 0) is 11.3 Å². The van der Waals surface area contributed by atoms with Crippen molar-refractivity contribution in [1.29, 1.82) is 0 Å². The summed E-state index contributed by atoms with van der Waals surface area (Å²) in [7, 11) is 0. The number of aryl methyl sites for hydroxylation is 1. The first kappa shape index (κ1) is 14.9. The third-order valence-electron chi connectivity index (χ3n) is 3.20. The number of pyridine rings is 1. The number of nitrogens with zero attached hydrogens (tertiary/aromatic N) is 1. The van der Waals surface area contributed by atoms with Crippen molar-refractivity contribution >= 4 is 5.97 Å². The van der Waals surface area contributed by atoms with E-state index in [-0.39, 0.29) is 5.56 Å². The summed E-state index contributed by atoms with van der Waals surface area (Å²) in [5, 5.41) is 8.92. The van der Waals surface area contributed by atoms with Gasteiger partial charge in [-0.2, -0.15) is 0 Å². The van der Waals surface area contributed by atoms with Gasteiger partial charge >= 0.3 is 5.97 Å². The number of carboxylic acid groups (broad SMARTS) is 1. The average molecular weight is 283 g/mol. The van der Waals surface area contributed by atoms with Crippen LogP contribution in [0.2, 0.25) is 0 Å². The van der Waals surface area contributed by atoms with Gasteiger partial charge in [0.1, 0.15) is 0 Å². The van der Waals surface area contributed by atoms with Gasteiger partial charge in [-0.05, 0) is 31.4 Å². The summed E-state index contributed by atoms with van der Waals surface area (Å²) >= 11 is 0. The molecular formula is C17H17NO3. The number of carboxylic acids is 1. The van der Waals surface area contributed by atoms with Crippen LogP contribution >= 0.6 is 0 Å². The van der Waals surface area contributed by atoms with Gasteiger partial charge in [-0.15, -0.1) is 0 Å². The molecule has 0 radical (unpaired) electrons. The second-order valence-corrected chi connectivity index (χ2v) is 4.81. The standard InChI is InChI=1S/C17H17NO3/c19-16-10-3-5-12-18(16)11-4-1-2-7-14-8-6-9-15(13-14)17(20)21/h3,5,9-10,12-13H,1,4,6,8,11H2,(H,20,21). The maximum atomic E-state index is 11.5. The molecule has 0 saturated carbocycles. The van der Waals surface area contributed by atoms with Crippen LogP contribution in [0.4, 0.5) is 0 Å². The fraction of sp³-hybridized carbons (Fsp3) is 0.294. The molecule has 0 spiro atoms. The zero-order valence-corrected chi connectivity index (χ0v) is 11.7. The Morgan fingerprint density at radius 1 is 1.38 bits per heavy atom. The molecule has 0 unspecified atom stereocenters. The highest BCUT2D eigenvalue weighted by atomic mass is 16.4. The zero-order chi connectivity index (χ0) is 15.1. The largest absolute Gasteiger partial charge is 0.478 e. The predicted molar refractivity (Wildman–Crippen MR) is 80.7 cm³/mol. The zero-order valence-electron chi connectivity index (χ0n) is 11.7. The molecule has 0 amide bonds. The van der Waals surface area contributed by atoms with Crippen LogP contribution in [0, 0.1) is 11.8 Å². The molecule has 1 heterocycles. The number of allylic oxidation sites excluding steroid dienone is 2. The molecule has 0 aliphatic heterocycles. The smallest absolute Gasteiger partial charge is 0.335 e. The fourth-order valence-corrected chi connectivity index (χ4v) is 2.11. The summed E-state index contributed by atoms with van der Waals surface area (Å²) in [6.07, 6.45) is 8.12. The third kappa shape index (κ3) is 4.50. The van der Waals surface area contributed by atoms with Crippen molar-refractivity contribution in [2.24, 2.45) is 0 Å². The Labute approximate surface area is 123 Å². The normalized spacial score (nSPS) is 13.7. The first-order chi connectivity index (χ1) is 10.2. The summed E-state index contributed by atoms with van der Waals surface area (Å²) in [6, 6.07) is 5.10. The quantitative estimate of drug-likeness (QED) is 0.681. The molecular weight excluding hydrogens is 266 g/mol. The van der Waals surface area contributed by atoms with E-state index in [0.29, 0.717) is 18.5 Å². The van der Waals surface area contributed by atoms with E-state index in [0.717, 1.165) is 24.8 Å². The second-order valence-electron chi connectivity index (χ2n) is 4.81. The molecule has 1 aliphatic rings. The maximum absolute atomic E-state index is 11.5. The molecule has 0 fully saturated rings. The lowest BCUT2D eigenvalue weighted by atomic mass is 10.00. The van der Waals surface area contributed by atoms with Crippen LogP contribution < -0.4 is 5.56 Å². The minimum absolute atomic E-state index is 0.00307. The highest BCUT2D eigenvalue weighted by molar-refractivity contribution is 5.90. The molecule has 2 rings (SSSR count). The van der Waals surface area contributed by atoms with Crippen molar-refractivity contribution in [2.45, 2.75) is 32.2 Å². The van der Waals surface area contributed by atoms with Gasteiger partial charge in [-0.25, -0.2) is 4.79 Å². The summed E-state index contributed by atoms with van der Waals surface area (Å²) in [5.74, 6) is 5.17. The fourth-order valence-electron chi connectivity index (χ4n) is 2.11. The van der Waals surface area contributed by atoms with Crippen LogP contribution in [0.15, 0.2) is 52.5 Å². The first-order valence-electron chi connectivity index (χ1n) is 6.95. The Morgan fingerprint density at radius 3 is 3.00 bits per heavy atom. The molecule has 21 heavy (non-hydrogen) atoms. The van der Waals surface area contributed by atoms with E-state index in [1.54, 1.807) is 29.0 Å². The molecule has 0 aromatic carbocycles. The van der Waals surface area contributed by atoms with Gasteiger partial charge in [0.25, 0.3) is 0 Å². The summed E-state index contributed by atoms with van der Waals surface area (Å²) in [6.45, 7) is 0.647. The van der Waals surface area contributed by atoms with E-state index < -0.39 is 5.97 Å². The van der Waals surface area contributed by atoms with E-state index in [1.165, 1.54) is 6.07 Å². The average Bonchev–Trinajstić information content (AvgIpc) is 2.49. The number of aliphatic carboxylic acids is 1. The Morgan fingerprint density at radius 2 is 2.24 bits per heavy atom. The van der Waals surface area contributed by atoms with Crippen molar-refractivity contribution in [3.63, 3.8) is 0 Å². The van der Waals surface area contributed by atoms with Crippen LogP contribution in [0.5, 0.6) is 0 Å². The van der Waals surface area contributed by atoms with Crippen LogP contribution in [0.1, 0.15) is 25.7 Å². The van der Waals surface area contributed by atoms with Crippen LogP contribution in [0.3, 0.4) is 0 Å². The third-order valence-corrected chi connectivity index (χ3v) is 3.20. The molecule has 1 aromatic rings. The molecule has 4 nitrogen and oxygen atoms in total. The SMILES string of the molecule is O=C(O)C1=CCCC(C#CCCCn2ccccc2=O)=C1.